The molecular formula is C18H20F3N3O4S. The number of aromatic nitrogens is 2. The van der Waals surface area contributed by atoms with Crippen LogP contribution in [0.1, 0.15) is 17.8 Å². The number of hydrogen-bond donors (Lipinski definition) is 1. The van der Waals surface area contributed by atoms with E-state index in [0.717, 1.165) is 37.5 Å². The summed E-state index contributed by atoms with van der Waals surface area (Å²) in [5, 5.41) is 10.3. The minimum Gasteiger partial charge on any atom is -0.475 e. The Kier molecular flexibility index (Phi) is 7.04. The van der Waals surface area contributed by atoms with Gasteiger partial charge in [-0.1, -0.05) is 6.07 Å². The number of hydrogen-bond acceptors (Lipinski definition) is 7. The smallest absolute Gasteiger partial charge is 0.475 e. The molecular weight excluding hydrogens is 411 g/mol. The molecule has 0 amide bonds. The number of halogens is 3. The summed E-state index contributed by atoms with van der Waals surface area (Å²) in [4.78, 5) is 20.0. The number of carboxylic acid groups (broad SMARTS) is 1. The van der Waals surface area contributed by atoms with Crippen LogP contribution in [0.25, 0.3) is 0 Å². The maximum Gasteiger partial charge on any atom is 0.490 e. The van der Waals surface area contributed by atoms with Crippen LogP contribution in [0.3, 0.4) is 0 Å². The van der Waals surface area contributed by atoms with Crippen LogP contribution >= 0.6 is 11.3 Å². The Bertz CT molecular complexity index is 776. The largest absolute Gasteiger partial charge is 0.490 e. The van der Waals surface area contributed by atoms with Gasteiger partial charge in [0.2, 0.25) is 5.88 Å². The van der Waals surface area contributed by atoms with E-state index in [1.165, 1.54) is 0 Å². The summed E-state index contributed by atoms with van der Waals surface area (Å²) in [7, 11) is 0. The lowest BCUT2D eigenvalue weighted by Crippen LogP contribution is -2.42. The lowest BCUT2D eigenvalue weighted by Gasteiger charge is -2.31. The average Bonchev–Trinajstić information content (AvgIpc) is 3.32. The van der Waals surface area contributed by atoms with Crippen molar-refractivity contribution in [3.05, 3.63) is 41.0 Å². The second-order valence-electron chi connectivity index (χ2n) is 6.53. The van der Waals surface area contributed by atoms with Gasteiger partial charge in [0.05, 0.1) is 6.54 Å². The first-order valence-corrected chi connectivity index (χ1v) is 9.84. The third-order valence-electron chi connectivity index (χ3n) is 4.56. The van der Waals surface area contributed by atoms with Gasteiger partial charge < -0.3 is 14.6 Å². The molecule has 0 saturated carbocycles. The monoisotopic (exact) mass is 431 g/mol. The van der Waals surface area contributed by atoms with Crippen LogP contribution < -0.4 is 4.74 Å². The van der Waals surface area contributed by atoms with Crippen molar-refractivity contribution in [1.29, 1.82) is 0 Å². The van der Waals surface area contributed by atoms with Crippen LogP contribution in [0.5, 0.6) is 5.88 Å². The minimum atomic E-state index is -5.08. The summed E-state index contributed by atoms with van der Waals surface area (Å²) in [6, 6.07) is 6.17. The van der Waals surface area contributed by atoms with Crippen molar-refractivity contribution in [2.24, 2.45) is 0 Å². The average molecular weight is 431 g/mol. The molecule has 0 radical (unpaired) electrons. The molecule has 2 fully saturated rings. The summed E-state index contributed by atoms with van der Waals surface area (Å²) < 4.78 is 43.9. The number of thiazole rings is 1. The zero-order chi connectivity index (χ0) is 20.9. The lowest BCUT2D eigenvalue weighted by atomic mass is 10.0. The van der Waals surface area contributed by atoms with Gasteiger partial charge in [-0.05, 0) is 18.9 Å². The number of rotatable bonds is 4. The molecule has 4 heterocycles. The number of aliphatic carboxylic acids is 1. The van der Waals surface area contributed by atoms with Crippen molar-refractivity contribution in [2.45, 2.75) is 43.8 Å². The maximum absolute atomic E-state index is 10.6. The molecule has 1 N–H and O–H groups in total. The Morgan fingerprint density at radius 2 is 2.14 bits per heavy atom. The highest BCUT2D eigenvalue weighted by Crippen LogP contribution is 2.32. The first-order valence-electron chi connectivity index (χ1n) is 8.96. The zero-order valence-corrected chi connectivity index (χ0v) is 16.1. The third-order valence-corrected chi connectivity index (χ3v) is 5.32. The normalized spacial score (nSPS) is 24.3. The molecule has 0 unspecified atom stereocenters. The molecule has 29 heavy (non-hydrogen) atoms. The molecule has 0 spiro atoms. The van der Waals surface area contributed by atoms with Crippen molar-refractivity contribution in [3.8, 4) is 5.88 Å². The van der Waals surface area contributed by atoms with Gasteiger partial charge in [-0.3, -0.25) is 4.90 Å². The Labute approximate surface area is 169 Å². The SMILES string of the molecule is O=C(O)C(F)(F)F.c1ccc(O[C@@H]2CN(Cc3nccs3)[C@@H]3CCCO[C@@H]32)nc1. The van der Waals surface area contributed by atoms with Gasteiger partial charge in [-0.2, -0.15) is 13.2 Å². The minimum absolute atomic E-state index is 0.0418. The summed E-state index contributed by atoms with van der Waals surface area (Å²) >= 11 is 1.71. The van der Waals surface area contributed by atoms with E-state index in [1.54, 1.807) is 17.5 Å². The molecule has 2 aromatic heterocycles. The molecule has 0 aliphatic carbocycles. The van der Waals surface area contributed by atoms with Crippen LogP contribution in [0.15, 0.2) is 36.0 Å². The van der Waals surface area contributed by atoms with E-state index in [-0.39, 0.29) is 12.2 Å². The highest BCUT2D eigenvalue weighted by Gasteiger charge is 2.45. The molecule has 0 bridgehead atoms. The van der Waals surface area contributed by atoms with Crippen LogP contribution in [0.4, 0.5) is 13.2 Å². The van der Waals surface area contributed by atoms with Gasteiger partial charge in [-0.25, -0.2) is 14.8 Å². The van der Waals surface area contributed by atoms with E-state index in [1.807, 2.05) is 29.8 Å². The molecule has 2 aliphatic heterocycles. The number of nitrogens with zero attached hydrogens (tertiary/aromatic N) is 3. The second-order valence-corrected chi connectivity index (χ2v) is 7.51. The molecule has 7 nitrogen and oxygen atoms in total. The summed E-state index contributed by atoms with van der Waals surface area (Å²) in [5.41, 5.74) is 0. The van der Waals surface area contributed by atoms with Crippen molar-refractivity contribution >= 4 is 17.3 Å². The van der Waals surface area contributed by atoms with Crippen LogP contribution in [0.2, 0.25) is 0 Å². The predicted octanol–water partition coefficient (Wildman–Crippen LogP) is 2.98. The van der Waals surface area contributed by atoms with Crippen LogP contribution in [0, 0.1) is 0 Å². The van der Waals surface area contributed by atoms with Gasteiger partial charge in [0.15, 0.2) is 0 Å². The highest BCUT2D eigenvalue weighted by molar-refractivity contribution is 7.09. The predicted molar refractivity (Wildman–Crippen MR) is 97.6 cm³/mol. The van der Waals surface area contributed by atoms with Gasteiger partial charge in [0, 0.05) is 43.0 Å². The number of carboxylic acids is 1. The molecule has 0 aromatic carbocycles. The van der Waals surface area contributed by atoms with Gasteiger partial charge in [0.1, 0.15) is 17.2 Å². The van der Waals surface area contributed by atoms with E-state index in [0.29, 0.717) is 11.9 Å². The number of fused-ring (bicyclic) bond motifs is 1. The standard InChI is InChI=1S/C16H19N3O2S.C2HF3O2/c1-2-6-17-14(5-1)21-13-10-19(11-15-18-7-9-22-15)12-4-3-8-20-16(12)13;3-2(4,5)1(6)7/h1-2,5-7,9,12-13,16H,3-4,8,10-11H2;(H,6,7)/t12-,13-,16+;/m1./s1. The van der Waals surface area contributed by atoms with Crippen molar-refractivity contribution in [3.63, 3.8) is 0 Å². The van der Waals surface area contributed by atoms with Gasteiger partial charge >= 0.3 is 12.1 Å². The molecule has 11 heteroatoms. The van der Waals surface area contributed by atoms with Crippen LogP contribution in [-0.2, 0) is 16.1 Å². The zero-order valence-electron chi connectivity index (χ0n) is 15.3. The van der Waals surface area contributed by atoms with E-state index in [4.69, 9.17) is 19.4 Å². The number of likely N-dealkylation sites (tertiary alicyclic amines) is 1. The number of pyridine rings is 1. The van der Waals surface area contributed by atoms with Gasteiger partial charge in [0.25, 0.3) is 0 Å². The molecule has 3 atom stereocenters. The first kappa shape index (κ1) is 21.5. The number of carbonyl (C=O) groups is 1. The maximum atomic E-state index is 10.6. The molecule has 2 aliphatic rings. The molecule has 2 saturated heterocycles. The lowest BCUT2D eigenvalue weighted by molar-refractivity contribution is -0.192. The molecule has 2 aromatic rings. The Morgan fingerprint density at radius 3 is 2.76 bits per heavy atom. The Hall–Kier alpha value is -2.24. The first-order chi connectivity index (χ1) is 13.8. The Morgan fingerprint density at radius 1 is 1.34 bits per heavy atom. The van der Waals surface area contributed by atoms with Crippen LogP contribution in [-0.4, -0.2) is 63.5 Å². The fourth-order valence-electron chi connectivity index (χ4n) is 3.37. The number of alkyl halides is 3. The summed E-state index contributed by atoms with van der Waals surface area (Å²) in [5.74, 6) is -2.08. The summed E-state index contributed by atoms with van der Waals surface area (Å²) in [6.07, 6.45) is 1.00. The van der Waals surface area contributed by atoms with Crippen molar-refractivity contribution < 1.29 is 32.5 Å². The van der Waals surface area contributed by atoms with E-state index >= 15 is 0 Å². The van der Waals surface area contributed by atoms with E-state index in [2.05, 4.69) is 14.9 Å². The highest BCUT2D eigenvalue weighted by atomic mass is 32.1. The van der Waals surface area contributed by atoms with Crippen molar-refractivity contribution in [1.82, 2.24) is 14.9 Å². The topological polar surface area (TPSA) is 84.8 Å². The molecule has 4 rings (SSSR count). The summed E-state index contributed by atoms with van der Waals surface area (Å²) in [6.45, 7) is 2.57. The second kappa shape index (κ2) is 9.51. The van der Waals surface area contributed by atoms with Gasteiger partial charge in [-0.15, -0.1) is 11.3 Å². The number of ether oxygens (including phenoxy) is 2. The molecule has 158 valence electrons. The quantitative estimate of drug-likeness (QED) is 0.797. The van der Waals surface area contributed by atoms with E-state index in [9.17, 15) is 13.2 Å². The van der Waals surface area contributed by atoms with Crippen molar-refractivity contribution in [2.75, 3.05) is 13.2 Å². The van der Waals surface area contributed by atoms with E-state index < -0.39 is 12.1 Å². The fourth-order valence-corrected chi connectivity index (χ4v) is 4.01. The fraction of sp³-hybridized carbons (Fsp3) is 0.500. The Balaban J connectivity index is 0.000000298. The third kappa shape index (κ3) is 5.87.